The van der Waals surface area contributed by atoms with Crippen molar-refractivity contribution in [3.8, 4) is 5.75 Å². The van der Waals surface area contributed by atoms with Crippen molar-refractivity contribution in [1.29, 1.82) is 0 Å². The van der Waals surface area contributed by atoms with Gasteiger partial charge in [0, 0.05) is 38.0 Å². The molecule has 1 amide bonds. The van der Waals surface area contributed by atoms with E-state index in [0.717, 1.165) is 22.4 Å². The van der Waals surface area contributed by atoms with Gasteiger partial charge in [-0.3, -0.25) is 9.48 Å². The summed E-state index contributed by atoms with van der Waals surface area (Å²) in [5.41, 5.74) is 3.05. The highest BCUT2D eigenvalue weighted by Gasteiger charge is 2.14. The highest BCUT2D eigenvalue weighted by atomic mass is 16.5. The van der Waals surface area contributed by atoms with Crippen molar-refractivity contribution in [2.45, 2.75) is 19.9 Å². The van der Waals surface area contributed by atoms with Crippen molar-refractivity contribution >= 4 is 5.91 Å². The van der Waals surface area contributed by atoms with E-state index in [1.807, 2.05) is 38.4 Å². The van der Waals surface area contributed by atoms with Gasteiger partial charge in [-0.05, 0) is 13.0 Å². The minimum Gasteiger partial charge on any atom is -0.496 e. The minimum absolute atomic E-state index is 0.0581. The summed E-state index contributed by atoms with van der Waals surface area (Å²) in [7, 11) is 5.29. The third-order valence-electron chi connectivity index (χ3n) is 3.38. The van der Waals surface area contributed by atoms with Crippen LogP contribution in [0.15, 0.2) is 30.6 Å². The van der Waals surface area contributed by atoms with E-state index >= 15 is 0 Å². The summed E-state index contributed by atoms with van der Waals surface area (Å²) < 4.78 is 7.05. The largest absolute Gasteiger partial charge is 0.496 e. The molecule has 0 radical (unpaired) electrons. The van der Waals surface area contributed by atoms with Gasteiger partial charge in [-0.25, -0.2) is 0 Å². The highest BCUT2D eigenvalue weighted by Crippen LogP contribution is 2.20. The molecule has 1 aromatic carbocycles. The summed E-state index contributed by atoms with van der Waals surface area (Å²) in [6, 6.07) is 5.87. The number of rotatable bonds is 5. The molecule has 1 heterocycles. The second-order valence-electron chi connectivity index (χ2n) is 5.26. The summed E-state index contributed by atoms with van der Waals surface area (Å²) >= 11 is 0. The Hall–Kier alpha value is -2.30. The standard InChI is InChI=1S/C16H21N3O2/c1-12-5-6-15(21-4)14(7-12)8-16(20)18(2)10-13-9-17-19(3)11-13/h5-7,9,11H,8,10H2,1-4H3. The van der Waals surface area contributed by atoms with Gasteiger partial charge in [0.25, 0.3) is 0 Å². The highest BCUT2D eigenvalue weighted by molar-refractivity contribution is 5.79. The van der Waals surface area contributed by atoms with Gasteiger partial charge >= 0.3 is 0 Å². The van der Waals surface area contributed by atoms with Gasteiger partial charge in [-0.15, -0.1) is 0 Å². The van der Waals surface area contributed by atoms with Gasteiger partial charge in [-0.1, -0.05) is 17.7 Å². The zero-order chi connectivity index (χ0) is 15.4. The van der Waals surface area contributed by atoms with Gasteiger partial charge in [0.2, 0.25) is 5.91 Å². The molecule has 0 bridgehead atoms. The molecule has 0 unspecified atom stereocenters. The molecule has 0 aliphatic rings. The molecule has 112 valence electrons. The van der Waals surface area contributed by atoms with Crippen LogP contribution in [0, 0.1) is 6.92 Å². The molecule has 0 atom stereocenters. The number of ether oxygens (including phenoxy) is 1. The summed E-state index contributed by atoms with van der Waals surface area (Å²) in [5, 5.41) is 4.11. The third-order valence-corrected chi connectivity index (χ3v) is 3.38. The molecule has 0 aliphatic carbocycles. The normalized spacial score (nSPS) is 10.5. The molecule has 5 heteroatoms. The van der Waals surface area contributed by atoms with E-state index in [-0.39, 0.29) is 5.91 Å². The fraction of sp³-hybridized carbons (Fsp3) is 0.375. The van der Waals surface area contributed by atoms with Gasteiger partial charge in [-0.2, -0.15) is 5.10 Å². The van der Waals surface area contributed by atoms with Gasteiger partial charge in [0.05, 0.1) is 19.7 Å². The molecular formula is C16H21N3O2. The van der Waals surface area contributed by atoms with Crippen LogP contribution in [0.2, 0.25) is 0 Å². The fourth-order valence-electron chi connectivity index (χ4n) is 2.26. The van der Waals surface area contributed by atoms with Gasteiger partial charge in [0.1, 0.15) is 5.75 Å². The second kappa shape index (κ2) is 6.43. The molecule has 0 saturated heterocycles. The molecule has 5 nitrogen and oxygen atoms in total. The number of nitrogens with zero attached hydrogens (tertiary/aromatic N) is 3. The van der Waals surface area contributed by atoms with E-state index in [9.17, 15) is 4.79 Å². The lowest BCUT2D eigenvalue weighted by atomic mass is 10.1. The fourth-order valence-corrected chi connectivity index (χ4v) is 2.26. The number of benzene rings is 1. The van der Waals surface area contributed by atoms with E-state index in [1.165, 1.54) is 0 Å². The van der Waals surface area contributed by atoms with Gasteiger partial charge in [0.15, 0.2) is 0 Å². The zero-order valence-corrected chi connectivity index (χ0v) is 13.0. The van der Waals surface area contributed by atoms with E-state index in [1.54, 1.807) is 29.9 Å². The maximum Gasteiger partial charge on any atom is 0.227 e. The number of hydrogen-bond acceptors (Lipinski definition) is 3. The molecule has 0 fully saturated rings. The second-order valence-corrected chi connectivity index (χ2v) is 5.26. The number of likely N-dealkylation sites (N-methyl/N-ethyl adjacent to an activating group) is 1. The molecule has 0 spiro atoms. The predicted octanol–water partition coefficient (Wildman–Crippen LogP) is 1.94. The lowest BCUT2D eigenvalue weighted by Crippen LogP contribution is -2.27. The summed E-state index contributed by atoms with van der Waals surface area (Å²) in [6.07, 6.45) is 4.02. The molecular weight excluding hydrogens is 266 g/mol. The monoisotopic (exact) mass is 287 g/mol. The first kappa shape index (κ1) is 15.1. The Bertz CT molecular complexity index is 634. The maximum atomic E-state index is 12.3. The minimum atomic E-state index is 0.0581. The van der Waals surface area contributed by atoms with Crippen molar-refractivity contribution in [3.63, 3.8) is 0 Å². The Morgan fingerprint density at radius 1 is 1.43 bits per heavy atom. The summed E-state index contributed by atoms with van der Waals surface area (Å²) in [6.45, 7) is 2.56. The van der Waals surface area contributed by atoms with Crippen molar-refractivity contribution < 1.29 is 9.53 Å². The Morgan fingerprint density at radius 3 is 2.81 bits per heavy atom. The lowest BCUT2D eigenvalue weighted by molar-refractivity contribution is -0.129. The average molecular weight is 287 g/mol. The summed E-state index contributed by atoms with van der Waals surface area (Å²) in [5.74, 6) is 0.812. The van der Waals surface area contributed by atoms with Crippen molar-refractivity contribution in [2.24, 2.45) is 7.05 Å². The van der Waals surface area contributed by atoms with Crippen LogP contribution in [0.3, 0.4) is 0 Å². The van der Waals surface area contributed by atoms with Crippen LogP contribution in [0.25, 0.3) is 0 Å². The smallest absolute Gasteiger partial charge is 0.227 e. The molecule has 1 aromatic heterocycles. The first-order valence-corrected chi connectivity index (χ1v) is 6.84. The lowest BCUT2D eigenvalue weighted by Gasteiger charge is -2.17. The SMILES string of the molecule is COc1ccc(C)cc1CC(=O)N(C)Cc1cnn(C)c1. The number of aryl methyl sites for hydroxylation is 2. The molecule has 2 rings (SSSR count). The van der Waals surface area contributed by atoms with Crippen LogP contribution in [0.4, 0.5) is 0 Å². The Kier molecular flexibility index (Phi) is 4.62. The van der Waals surface area contributed by atoms with E-state index in [2.05, 4.69) is 5.10 Å². The molecule has 2 aromatic rings. The molecule has 0 N–H and O–H groups in total. The van der Waals surface area contributed by atoms with Crippen LogP contribution in [-0.4, -0.2) is 34.7 Å². The first-order valence-electron chi connectivity index (χ1n) is 6.84. The Morgan fingerprint density at radius 2 is 2.19 bits per heavy atom. The number of carbonyl (C=O) groups excluding carboxylic acids is 1. The van der Waals surface area contributed by atoms with Crippen LogP contribution in [-0.2, 0) is 24.8 Å². The summed E-state index contributed by atoms with van der Waals surface area (Å²) in [4.78, 5) is 14.1. The Labute approximate surface area is 125 Å². The van der Waals surface area contributed by atoms with Crippen molar-refractivity contribution in [3.05, 3.63) is 47.3 Å². The topological polar surface area (TPSA) is 47.4 Å². The maximum absolute atomic E-state index is 12.3. The average Bonchev–Trinajstić information content (AvgIpc) is 2.84. The number of amides is 1. The number of aromatic nitrogens is 2. The van der Waals surface area contributed by atoms with E-state index < -0.39 is 0 Å². The molecule has 0 aliphatic heterocycles. The molecule has 21 heavy (non-hydrogen) atoms. The third kappa shape index (κ3) is 3.84. The van der Waals surface area contributed by atoms with Crippen molar-refractivity contribution in [2.75, 3.05) is 14.2 Å². The molecule has 0 saturated carbocycles. The van der Waals surface area contributed by atoms with Crippen LogP contribution in [0.5, 0.6) is 5.75 Å². The first-order chi connectivity index (χ1) is 9.99. The van der Waals surface area contributed by atoms with Crippen LogP contribution < -0.4 is 4.74 Å². The van der Waals surface area contributed by atoms with Crippen molar-refractivity contribution in [1.82, 2.24) is 14.7 Å². The van der Waals surface area contributed by atoms with E-state index in [4.69, 9.17) is 4.74 Å². The van der Waals surface area contributed by atoms with Crippen LogP contribution >= 0.6 is 0 Å². The van der Waals surface area contributed by atoms with Gasteiger partial charge < -0.3 is 9.64 Å². The predicted molar refractivity (Wildman–Crippen MR) is 81.1 cm³/mol. The van der Waals surface area contributed by atoms with E-state index in [0.29, 0.717) is 13.0 Å². The zero-order valence-electron chi connectivity index (χ0n) is 13.0. The Balaban J connectivity index is 2.05. The number of methoxy groups -OCH3 is 1. The quantitative estimate of drug-likeness (QED) is 0.844. The number of hydrogen-bond donors (Lipinski definition) is 0. The number of carbonyl (C=O) groups is 1. The van der Waals surface area contributed by atoms with Crippen LogP contribution in [0.1, 0.15) is 16.7 Å².